The summed E-state index contributed by atoms with van der Waals surface area (Å²) in [6.07, 6.45) is 0. The van der Waals surface area contributed by atoms with Crippen molar-refractivity contribution >= 4 is 50.7 Å². The van der Waals surface area contributed by atoms with Gasteiger partial charge in [0.05, 0.1) is 21.3 Å². The Balaban J connectivity index is 2.33. The Morgan fingerprint density at radius 3 is 2.60 bits per heavy atom. The van der Waals surface area contributed by atoms with Gasteiger partial charge in [-0.2, -0.15) is 0 Å². The van der Waals surface area contributed by atoms with Crippen LogP contribution in [-0.4, -0.2) is 11.0 Å². The molecule has 0 heterocycles. The van der Waals surface area contributed by atoms with Crippen LogP contribution in [0.5, 0.6) is 5.75 Å². The molecular weight excluding hydrogens is 365 g/mol. The summed E-state index contributed by atoms with van der Waals surface area (Å²) in [5, 5.41) is 12.9. The number of nitrogens with one attached hydrogen (secondary N) is 1. The summed E-state index contributed by atoms with van der Waals surface area (Å²) >= 11 is 15.3. The van der Waals surface area contributed by atoms with E-state index in [4.69, 9.17) is 23.2 Å². The number of hydrogen-bond donors (Lipinski definition) is 2. The van der Waals surface area contributed by atoms with Crippen molar-refractivity contribution in [2.75, 3.05) is 5.32 Å². The molecule has 0 atom stereocenters. The van der Waals surface area contributed by atoms with Crippen LogP contribution < -0.4 is 5.32 Å². The first kappa shape index (κ1) is 15.2. The van der Waals surface area contributed by atoms with E-state index in [2.05, 4.69) is 21.2 Å². The van der Waals surface area contributed by atoms with Gasteiger partial charge in [0.15, 0.2) is 0 Å². The summed E-state index contributed by atoms with van der Waals surface area (Å²) in [7, 11) is 0. The number of aromatic hydroxyl groups is 1. The Bertz CT molecular complexity index is 689. The van der Waals surface area contributed by atoms with E-state index in [1.54, 1.807) is 24.3 Å². The largest absolute Gasteiger partial charge is 0.507 e. The molecule has 0 aliphatic heterocycles. The topological polar surface area (TPSA) is 49.3 Å². The number of benzene rings is 2. The van der Waals surface area contributed by atoms with Gasteiger partial charge in [-0.15, -0.1) is 0 Å². The van der Waals surface area contributed by atoms with Crippen molar-refractivity contribution in [2.45, 2.75) is 6.92 Å². The minimum absolute atomic E-state index is 0.0903. The van der Waals surface area contributed by atoms with Crippen LogP contribution in [0.25, 0.3) is 0 Å². The maximum Gasteiger partial charge on any atom is 0.259 e. The van der Waals surface area contributed by atoms with Gasteiger partial charge in [0.2, 0.25) is 0 Å². The number of carbonyl (C=O) groups is 1. The first-order valence-electron chi connectivity index (χ1n) is 5.64. The van der Waals surface area contributed by atoms with Crippen molar-refractivity contribution < 1.29 is 9.90 Å². The number of carbonyl (C=O) groups excluding carboxylic acids is 1. The number of rotatable bonds is 2. The van der Waals surface area contributed by atoms with Gasteiger partial charge in [-0.25, -0.2) is 0 Å². The molecule has 0 spiro atoms. The zero-order chi connectivity index (χ0) is 14.9. The smallest absolute Gasteiger partial charge is 0.259 e. The Labute approximate surface area is 134 Å². The van der Waals surface area contributed by atoms with Gasteiger partial charge in [0, 0.05) is 4.47 Å². The molecule has 2 N–H and O–H groups in total. The molecule has 2 aromatic carbocycles. The molecule has 20 heavy (non-hydrogen) atoms. The number of phenols is 1. The van der Waals surface area contributed by atoms with Gasteiger partial charge in [-0.05, 0) is 47.1 Å². The first-order chi connectivity index (χ1) is 9.40. The molecule has 0 radical (unpaired) electrons. The highest BCUT2D eigenvalue weighted by atomic mass is 79.9. The second kappa shape index (κ2) is 6.04. The highest BCUT2D eigenvalue weighted by Gasteiger charge is 2.15. The van der Waals surface area contributed by atoms with Gasteiger partial charge in [-0.3, -0.25) is 4.79 Å². The molecule has 0 saturated heterocycles. The molecule has 0 aromatic heterocycles. The Morgan fingerprint density at radius 2 is 1.90 bits per heavy atom. The molecule has 0 saturated carbocycles. The van der Waals surface area contributed by atoms with Crippen LogP contribution in [-0.2, 0) is 0 Å². The lowest BCUT2D eigenvalue weighted by Crippen LogP contribution is -2.12. The summed E-state index contributed by atoms with van der Waals surface area (Å²) in [6, 6.07) is 8.10. The molecule has 0 aliphatic rings. The second-order valence-electron chi connectivity index (χ2n) is 4.20. The van der Waals surface area contributed by atoms with Gasteiger partial charge in [0.25, 0.3) is 5.91 Å². The van der Waals surface area contributed by atoms with Crippen molar-refractivity contribution in [1.29, 1.82) is 0 Å². The maximum absolute atomic E-state index is 12.2. The van der Waals surface area contributed by atoms with Gasteiger partial charge in [0.1, 0.15) is 5.75 Å². The van der Waals surface area contributed by atoms with Crippen LogP contribution >= 0.6 is 39.1 Å². The molecular formula is C14H10BrCl2NO2. The molecule has 104 valence electrons. The van der Waals surface area contributed by atoms with Crippen molar-refractivity contribution in [2.24, 2.45) is 0 Å². The monoisotopic (exact) mass is 373 g/mol. The fourth-order valence-corrected chi connectivity index (χ4v) is 2.47. The summed E-state index contributed by atoms with van der Waals surface area (Å²) in [4.78, 5) is 12.2. The normalized spacial score (nSPS) is 10.4. The van der Waals surface area contributed by atoms with Crippen LogP contribution in [0.4, 0.5) is 5.69 Å². The first-order valence-corrected chi connectivity index (χ1v) is 7.19. The molecule has 0 aliphatic carbocycles. The Kier molecular flexibility index (Phi) is 4.58. The lowest BCUT2D eigenvalue weighted by molar-refractivity contribution is 0.102. The van der Waals surface area contributed by atoms with Crippen molar-refractivity contribution in [1.82, 2.24) is 0 Å². The SMILES string of the molecule is Cc1ccc(O)c(C(=O)Nc2ccc(Br)c(Cl)c2Cl)c1. The summed E-state index contributed by atoms with van der Waals surface area (Å²) < 4.78 is 0.639. The maximum atomic E-state index is 12.2. The molecule has 0 bridgehead atoms. The molecule has 0 unspecified atom stereocenters. The van der Waals surface area contributed by atoms with Crippen LogP contribution in [0.1, 0.15) is 15.9 Å². The highest BCUT2D eigenvalue weighted by Crippen LogP contribution is 2.36. The lowest BCUT2D eigenvalue weighted by Gasteiger charge is -2.10. The fraction of sp³-hybridized carbons (Fsp3) is 0.0714. The van der Waals surface area contributed by atoms with E-state index < -0.39 is 5.91 Å². The summed E-state index contributed by atoms with van der Waals surface area (Å²) in [5.41, 5.74) is 1.43. The number of aryl methyl sites for hydroxylation is 1. The van der Waals surface area contributed by atoms with Crippen molar-refractivity contribution in [3.63, 3.8) is 0 Å². The fourth-order valence-electron chi connectivity index (χ4n) is 1.64. The van der Waals surface area contributed by atoms with Gasteiger partial charge >= 0.3 is 0 Å². The van der Waals surface area contributed by atoms with E-state index in [-0.39, 0.29) is 16.3 Å². The van der Waals surface area contributed by atoms with E-state index in [0.717, 1.165) is 5.56 Å². The molecule has 2 rings (SSSR count). The van der Waals surface area contributed by atoms with Crippen LogP contribution in [0.15, 0.2) is 34.8 Å². The molecule has 3 nitrogen and oxygen atoms in total. The lowest BCUT2D eigenvalue weighted by atomic mass is 10.1. The summed E-state index contributed by atoms with van der Waals surface area (Å²) in [6.45, 7) is 1.83. The Morgan fingerprint density at radius 1 is 1.20 bits per heavy atom. The number of hydrogen-bond acceptors (Lipinski definition) is 2. The third-order valence-corrected chi connectivity index (χ3v) is 4.45. The number of halogens is 3. The second-order valence-corrected chi connectivity index (χ2v) is 5.81. The number of phenolic OH excluding ortho intramolecular Hbond substituents is 1. The van der Waals surface area contributed by atoms with E-state index >= 15 is 0 Å². The molecule has 1 amide bonds. The number of anilines is 1. The van der Waals surface area contributed by atoms with Crippen molar-refractivity contribution in [3.8, 4) is 5.75 Å². The molecule has 6 heteroatoms. The Hall–Kier alpha value is -1.23. The van der Waals surface area contributed by atoms with E-state index in [9.17, 15) is 9.90 Å². The van der Waals surface area contributed by atoms with E-state index in [0.29, 0.717) is 15.2 Å². The van der Waals surface area contributed by atoms with E-state index in [1.165, 1.54) is 6.07 Å². The third kappa shape index (κ3) is 3.08. The van der Waals surface area contributed by atoms with Gasteiger partial charge in [-0.1, -0.05) is 34.8 Å². The van der Waals surface area contributed by atoms with Crippen LogP contribution in [0.3, 0.4) is 0 Å². The minimum Gasteiger partial charge on any atom is -0.507 e. The van der Waals surface area contributed by atoms with Gasteiger partial charge < -0.3 is 10.4 Å². The highest BCUT2D eigenvalue weighted by molar-refractivity contribution is 9.10. The average Bonchev–Trinajstić information content (AvgIpc) is 2.42. The van der Waals surface area contributed by atoms with Crippen LogP contribution in [0, 0.1) is 6.92 Å². The zero-order valence-corrected chi connectivity index (χ0v) is 13.5. The van der Waals surface area contributed by atoms with E-state index in [1.807, 2.05) is 6.92 Å². The predicted octanol–water partition coefficient (Wildman–Crippen LogP) is 5.02. The standard InChI is InChI=1S/C14H10BrCl2NO2/c1-7-2-5-11(19)8(6-7)14(20)18-10-4-3-9(15)12(16)13(10)17/h2-6,19H,1H3,(H,18,20). The predicted molar refractivity (Wildman–Crippen MR) is 85.0 cm³/mol. The van der Waals surface area contributed by atoms with Crippen LogP contribution in [0.2, 0.25) is 10.0 Å². The molecule has 2 aromatic rings. The number of amides is 1. The minimum atomic E-state index is -0.452. The zero-order valence-electron chi connectivity index (χ0n) is 10.4. The molecule has 0 fully saturated rings. The quantitative estimate of drug-likeness (QED) is 0.725. The van der Waals surface area contributed by atoms with Crippen molar-refractivity contribution in [3.05, 3.63) is 56.0 Å². The summed E-state index contributed by atoms with van der Waals surface area (Å²) in [5.74, 6) is -0.543. The average molecular weight is 375 g/mol. The third-order valence-electron chi connectivity index (χ3n) is 2.68.